The molecular formula is C14H16N2O2S. The van der Waals surface area contributed by atoms with Gasteiger partial charge in [-0.3, -0.25) is 4.79 Å². The molecule has 0 spiro atoms. The highest BCUT2D eigenvalue weighted by Gasteiger charge is 2.11. The van der Waals surface area contributed by atoms with Crippen molar-refractivity contribution < 1.29 is 9.90 Å². The lowest BCUT2D eigenvalue weighted by atomic mass is 10.2. The average molecular weight is 276 g/mol. The van der Waals surface area contributed by atoms with Gasteiger partial charge < -0.3 is 10.4 Å². The second-order valence-electron chi connectivity index (χ2n) is 4.30. The molecule has 0 bridgehead atoms. The molecule has 0 radical (unpaired) electrons. The molecule has 0 saturated heterocycles. The molecule has 100 valence electrons. The molecule has 1 aromatic heterocycles. The Morgan fingerprint density at radius 2 is 2.16 bits per heavy atom. The van der Waals surface area contributed by atoms with Crippen molar-refractivity contribution in [3.63, 3.8) is 0 Å². The highest BCUT2D eigenvalue weighted by molar-refractivity contribution is 7.13. The van der Waals surface area contributed by atoms with E-state index < -0.39 is 6.10 Å². The van der Waals surface area contributed by atoms with Crippen LogP contribution in [0, 0.1) is 0 Å². The van der Waals surface area contributed by atoms with Crippen molar-refractivity contribution in [1.82, 2.24) is 10.3 Å². The molecular weight excluding hydrogens is 260 g/mol. The Morgan fingerprint density at radius 1 is 1.42 bits per heavy atom. The minimum atomic E-state index is -0.407. The molecule has 2 N–H and O–H groups in total. The number of aliphatic hydroxyl groups excluding tert-OH is 1. The Morgan fingerprint density at radius 3 is 2.84 bits per heavy atom. The molecule has 1 atom stereocenters. The van der Waals surface area contributed by atoms with Gasteiger partial charge >= 0.3 is 0 Å². The number of rotatable bonds is 5. The second kappa shape index (κ2) is 6.45. The van der Waals surface area contributed by atoms with Gasteiger partial charge in [-0.1, -0.05) is 30.3 Å². The van der Waals surface area contributed by atoms with Gasteiger partial charge in [0.15, 0.2) is 0 Å². The first-order valence-corrected chi connectivity index (χ1v) is 7.02. The molecule has 5 heteroatoms. The first-order valence-electron chi connectivity index (χ1n) is 6.14. The van der Waals surface area contributed by atoms with Gasteiger partial charge in [0, 0.05) is 17.5 Å². The van der Waals surface area contributed by atoms with Crippen LogP contribution in [-0.2, 0) is 0 Å². The second-order valence-corrected chi connectivity index (χ2v) is 5.16. The molecule has 0 fully saturated rings. The molecule has 1 heterocycles. The van der Waals surface area contributed by atoms with Crippen molar-refractivity contribution >= 4 is 17.2 Å². The van der Waals surface area contributed by atoms with Gasteiger partial charge in [0.1, 0.15) is 10.7 Å². The lowest BCUT2D eigenvalue weighted by Gasteiger charge is -2.04. The number of carbonyl (C=O) groups is 1. The summed E-state index contributed by atoms with van der Waals surface area (Å²) in [5.41, 5.74) is 1.44. The third kappa shape index (κ3) is 3.87. The normalized spacial score (nSPS) is 12.1. The van der Waals surface area contributed by atoms with E-state index in [1.165, 1.54) is 11.3 Å². The maximum absolute atomic E-state index is 11.8. The number of amides is 1. The predicted octanol–water partition coefficient (Wildman–Crippen LogP) is 2.31. The van der Waals surface area contributed by atoms with Crippen LogP contribution in [0.2, 0.25) is 0 Å². The molecule has 1 aromatic carbocycles. The monoisotopic (exact) mass is 276 g/mol. The molecule has 4 nitrogen and oxygen atoms in total. The Hall–Kier alpha value is -1.72. The largest absolute Gasteiger partial charge is 0.393 e. The number of hydrogen-bond donors (Lipinski definition) is 2. The zero-order valence-corrected chi connectivity index (χ0v) is 11.5. The van der Waals surface area contributed by atoms with Crippen LogP contribution in [0.3, 0.4) is 0 Å². The lowest BCUT2D eigenvalue weighted by Crippen LogP contribution is -2.26. The third-order valence-electron chi connectivity index (χ3n) is 2.61. The van der Waals surface area contributed by atoms with Crippen molar-refractivity contribution in [3.05, 3.63) is 41.4 Å². The van der Waals surface area contributed by atoms with Crippen molar-refractivity contribution in [2.24, 2.45) is 0 Å². The van der Waals surface area contributed by atoms with E-state index in [1.54, 1.807) is 12.3 Å². The van der Waals surface area contributed by atoms with Crippen LogP contribution < -0.4 is 5.32 Å². The minimum Gasteiger partial charge on any atom is -0.393 e. The van der Waals surface area contributed by atoms with Gasteiger partial charge in [0.25, 0.3) is 5.91 Å². The maximum Gasteiger partial charge on any atom is 0.270 e. The Labute approximate surface area is 116 Å². The number of nitrogens with one attached hydrogen (secondary N) is 1. The van der Waals surface area contributed by atoms with Gasteiger partial charge in [0.2, 0.25) is 0 Å². The Balaban J connectivity index is 1.99. The molecule has 0 aliphatic heterocycles. The third-order valence-corrected chi connectivity index (χ3v) is 3.50. The first kappa shape index (κ1) is 13.7. The van der Waals surface area contributed by atoms with E-state index in [2.05, 4.69) is 10.3 Å². The number of aliphatic hydroxyl groups is 1. The molecule has 0 saturated carbocycles. The molecule has 19 heavy (non-hydrogen) atoms. The van der Waals surface area contributed by atoms with Crippen molar-refractivity contribution in [2.45, 2.75) is 19.4 Å². The Bertz CT molecular complexity index is 537. The zero-order chi connectivity index (χ0) is 13.7. The summed E-state index contributed by atoms with van der Waals surface area (Å²) in [6.45, 7) is 2.15. The summed E-state index contributed by atoms with van der Waals surface area (Å²) >= 11 is 1.45. The van der Waals surface area contributed by atoms with Crippen LogP contribution in [0.1, 0.15) is 23.8 Å². The summed E-state index contributed by atoms with van der Waals surface area (Å²) in [7, 11) is 0. The quantitative estimate of drug-likeness (QED) is 0.881. The molecule has 1 unspecified atom stereocenters. The van der Waals surface area contributed by atoms with Crippen molar-refractivity contribution in [3.8, 4) is 10.6 Å². The molecule has 2 rings (SSSR count). The van der Waals surface area contributed by atoms with E-state index in [1.807, 2.05) is 30.3 Å². The van der Waals surface area contributed by atoms with E-state index in [-0.39, 0.29) is 5.91 Å². The van der Waals surface area contributed by atoms with Crippen molar-refractivity contribution in [1.29, 1.82) is 0 Å². The number of carbonyl (C=O) groups excluding carboxylic acids is 1. The fourth-order valence-electron chi connectivity index (χ4n) is 1.58. The van der Waals surface area contributed by atoms with Crippen LogP contribution >= 0.6 is 11.3 Å². The van der Waals surface area contributed by atoms with Gasteiger partial charge in [-0.25, -0.2) is 4.98 Å². The minimum absolute atomic E-state index is 0.195. The summed E-state index contributed by atoms with van der Waals surface area (Å²) in [6, 6.07) is 9.76. The maximum atomic E-state index is 11.8. The predicted molar refractivity (Wildman–Crippen MR) is 76.2 cm³/mol. The van der Waals surface area contributed by atoms with Crippen LogP contribution in [0.5, 0.6) is 0 Å². The lowest BCUT2D eigenvalue weighted by molar-refractivity contribution is 0.0941. The fourth-order valence-corrected chi connectivity index (χ4v) is 2.38. The highest BCUT2D eigenvalue weighted by atomic mass is 32.1. The average Bonchev–Trinajstić information content (AvgIpc) is 2.89. The summed E-state index contributed by atoms with van der Waals surface area (Å²) < 4.78 is 0. The molecule has 0 aliphatic rings. The standard InChI is InChI=1S/C14H16N2O2S/c1-10(17)7-8-15-13(18)12-9-19-14(16-12)11-5-3-2-4-6-11/h2-6,9-10,17H,7-8H2,1H3,(H,15,18). The number of aromatic nitrogens is 1. The Kier molecular flexibility index (Phi) is 4.65. The summed E-state index contributed by atoms with van der Waals surface area (Å²) in [4.78, 5) is 16.1. The van der Waals surface area contributed by atoms with E-state index in [9.17, 15) is 4.79 Å². The first-order chi connectivity index (χ1) is 9.16. The smallest absolute Gasteiger partial charge is 0.270 e. The highest BCUT2D eigenvalue weighted by Crippen LogP contribution is 2.23. The zero-order valence-electron chi connectivity index (χ0n) is 10.7. The van der Waals surface area contributed by atoms with Gasteiger partial charge in [0.05, 0.1) is 6.10 Å². The van der Waals surface area contributed by atoms with Crippen LogP contribution in [0.15, 0.2) is 35.7 Å². The van der Waals surface area contributed by atoms with E-state index in [4.69, 9.17) is 5.11 Å². The summed E-state index contributed by atoms with van der Waals surface area (Å²) in [5, 5.41) is 14.4. The number of nitrogens with zero attached hydrogens (tertiary/aromatic N) is 1. The number of thiazole rings is 1. The van der Waals surface area contributed by atoms with Gasteiger partial charge in [-0.15, -0.1) is 11.3 Å². The van der Waals surface area contributed by atoms with Gasteiger partial charge in [-0.05, 0) is 13.3 Å². The van der Waals surface area contributed by atoms with Crippen molar-refractivity contribution in [2.75, 3.05) is 6.54 Å². The molecule has 1 amide bonds. The number of hydrogen-bond acceptors (Lipinski definition) is 4. The molecule has 0 aliphatic carbocycles. The summed E-state index contributed by atoms with van der Waals surface area (Å²) in [6.07, 6.45) is 0.136. The SMILES string of the molecule is CC(O)CCNC(=O)c1csc(-c2ccccc2)n1. The van der Waals surface area contributed by atoms with E-state index in [0.717, 1.165) is 10.6 Å². The summed E-state index contributed by atoms with van der Waals surface area (Å²) in [5.74, 6) is -0.195. The van der Waals surface area contributed by atoms with E-state index >= 15 is 0 Å². The van der Waals surface area contributed by atoms with Crippen LogP contribution in [-0.4, -0.2) is 28.6 Å². The topological polar surface area (TPSA) is 62.2 Å². The van der Waals surface area contributed by atoms with E-state index in [0.29, 0.717) is 18.7 Å². The number of benzene rings is 1. The van der Waals surface area contributed by atoms with Crippen LogP contribution in [0.25, 0.3) is 10.6 Å². The van der Waals surface area contributed by atoms with Gasteiger partial charge in [-0.2, -0.15) is 0 Å². The fraction of sp³-hybridized carbons (Fsp3) is 0.286. The van der Waals surface area contributed by atoms with Crippen LogP contribution in [0.4, 0.5) is 0 Å². The molecule has 2 aromatic rings.